The minimum Gasteiger partial charge on any atom is -0.486 e. The summed E-state index contributed by atoms with van der Waals surface area (Å²) >= 11 is 6.37. The third-order valence-electron chi connectivity index (χ3n) is 4.78. The summed E-state index contributed by atoms with van der Waals surface area (Å²) in [4.78, 5) is 11.9. The van der Waals surface area contributed by atoms with Gasteiger partial charge in [0.05, 0.1) is 10.4 Å². The first-order chi connectivity index (χ1) is 9.84. The highest BCUT2D eigenvalue weighted by molar-refractivity contribution is 6.32. The SMILES string of the molecule is CC1(C)Cc2cc(C3(C(=O)O)CCCCC3)cc(Cl)c2O1. The molecule has 0 amide bonds. The van der Waals surface area contributed by atoms with Gasteiger partial charge in [-0.15, -0.1) is 0 Å². The van der Waals surface area contributed by atoms with Crippen LogP contribution in [0.3, 0.4) is 0 Å². The Morgan fingerprint density at radius 3 is 2.52 bits per heavy atom. The van der Waals surface area contributed by atoms with E-state index in [1.807, 2.05) is 19.9 Å². The second kappa shape index (κ2) is 4.91. The molecule has 3 rings (SSSR count). The first-order valence-corrected chi connectivity index (χ1v) is 7.97. The molecule has 1 N–H and O–H groups in total. The number of carbonyl (C=O) groups is 1. The van der Waals surface area contributed by atoms with Crippen molar-refractivity contribution in [1.82, 2.24) is 0 Å². The fourth-order valence-corrected chi connectivity index (χ4v) is 4.00. The summed E-state index contributed by atoms with van der Waals surface area (Å²) < 4.78 is 5.88. The van der Waals surface area contributed by atoms with Gasteiger partial charge in [0, 0.05) is 6.42 Å². The Morgan fingerprint density at radius 2 is 1.90 bits per heavy atom. The van der Waals surface area contributed by atoms with E-state index in [2.05, 4.69) is 0 Å². The molecule has 0 spiro atoms. The summed E-state index contributed by atoms with van der Waals surface area (Å²) in [5, 5.41) is 10.4. The number of halogens is 1. The van der Waals surface area contributed by atoms with Gasteiger partial charge in [-0.1, -0.05) is 36.9 Å². The predicted octanol–water partition coefficient (Wildman–Crippen LogP) is 4.34. The number of aliphatic carboxylic acids is 1. The molecular formula is C17H21ClO3. The van der Waals surface area contributed by atoms with Gasteiger partial charge in [-0.25, -0.2) is 0 Å². The Bertz CT molecular complexity index is 586. The number of benzene rings is 1. The first kappa shape index (κ1) is 14.7. The standard InChI is InChI=1S/C17H21ClO3/c1-16(2)10-11-8-12(9-13(18)14(11)21-16)17(15(19)20)6-4-3-5-7-17/h8-9H,3-7,10H2,1-2H3,(H,19,20). The molecule has 2 aliphatic rings. The summed E-state index contributed by atoms with van der Waals surface area (Å²) in [6.07, 6.45) is 5.20. The van der Waals surface area contributed by atoms with Crippen LogP contribution in [0.2, 0.25) is 5.02 Å². The number of hydrogen-bond donors (Lipinski definition) is 1. The Hall–Kier alpha value is -1.22. The molecule has 1 heterocycles. The van der Waals surface area contributed by atoms with Crippen molar-refractivity contribution >= 4 is 17.6 Å². The molecule has 0 saturated heterocycles. The summed E-state index contributed by atoms with van der Waals surface area (Å²) in [6.45, 7) is 4.05. The lowest BCUT2D eigenvalue weighted by atomic mass is 9.69. The highest BCUT2D eigenvalue weighted by atomic mass is 35.5. The fraction of sp³-hybridized carbons (Fsp3) is 0.588. The zero-order valence-corrected chi connectivity index (χ0v) is 13.3. The van der Waals surface area contributed by atoms with Crippen LogP contribution in [0.4, 0.5) is 0 Å². The van der Waals surface area contributed by atoms with Crippen LogP contribution in [0.1, 0.15) is 57.1 Å². The van der Waals surface area contributed by atoms with Crippen LogP contribution in [-0.4, -0.2) is 16.7 Å². The molecule has 1 fully saturated rings. The van der Waals surface area contributed by atoms with Crippen molar-refractivity contribution in [3.63, 3.8) is 0 Å². The highest BCUT2D eigenvalue weighted by Gasteiger charge is 2.43. The Labute approximate surface area is 130 Å². The van der Waals surface area contributed by atoms with Crippen molar-refractivity contribution in [1.29, 1.82) is 0 Å². The average Bonchev–Trinajstić information content (AvgIpc) is 2.74. The van der Waals surface area contributed by atoms with E-state index in [-0.39, 0.29) is 5.60 Å². The van der Waals surface area contributed by atoms with Crippen molar-refractivity contribution in [2.45, 2.75) is 63.4 Å². The molecule has 4 heteroatoms. The Balaban J connectivity index is 2.07. The number of carboxylic acid groups (broad SMARTS) is 1. The van der Waals surface area contributed by atoms with E-state index in [4.69, 9.17) is 16.3 Å². The van der Waals surface area contributed by atoms with Crippen LogP contribution in [0.5, 0.6) is 5.75 Å². The zero-order chi connectivity index (χ0) is 15.3. The molecule has 1 aliphatic carbocycles. The first-order valence-electron chi connectivity index (χ1n) is 7.59. The topological polar surface area (TPSA) is 46.5 Å². The van der Waals surface area contributed by atoms with Gasteiger partial charge in [-0.2, -0.15) is 0 Å². The maximum absolute atomic E-state index is 11.9. The van der Waals surface area contributed by atoms with Crippen LogP contribution >= 0.6 is 11.6 Å². The number of ether oxygens (including phenoxy) is 1. The molecule has 21 heavy (non-hydrogen) atoms. The quantitative estimate of drug-likeness (QED) is 0.884. The Morgan fingerprint density at radius 1 is 1.24 bits per heavy atom. The summed E-state index contributed by atoms with van der Waals surface area (Å²) in [5.41, 5.74) is 0.838. The van der Waals surface area contributed by atoms with Crippen LogP contribution < -0.4 is 4.74 Å². The average molecular weight is 309 g/mol. The summed E-state index contributed by atoms with van der Waals surface area (Å²) in [7, 11) is 0. The van der Waals surface area contributed by atoms with Crippen LogP contribution in [0.15, 0.2) is 12.1 Å². The summed E-state index contributed by atoms with van der Waals surface area (Å²) in [6, 6.07) is 3.82. The molecule has 1 aromatic rings. The second-order valence-corrected chi connectivity index (χ2v) is 7.34. The monoisotopic (exact) mass is 308 g/mol. The van der Waals surface area contributed by atoms with Crippen molar-refractivity contribution < 1.29 is 14.6 Å². The largest absolute Gasteiger partial charge is 0.486 e. The molecular weight excluding hydrogens is 288 g/mol. The minimum atomic E-state index is -0.774. The third-order valence-corrected chi connectivity index (χ3v) is 5.06. The molecule has 0 radical (unpaired) electrons. The maximum Gasteiger partial charge on any atom is 0.314 e. The second-order valence-electron chi connectivity index (χ2n) is 6.93. The zero-order valence-electron chi connectivity index (χ0n) is 12.5. The van der Waals surface area contributed by atoms with Gasteiger partial charge in [0.25, 0.3) is 0 Å². The van der Waals surface area contributed by atoms with Gasteiger partial charge >= 0.3 is 5.97 Å². The van der Waals surface area contributed by atoms with E-state index in [1.165, 1.54) is 0 Å². The van der Waals surface area contributed by atoms with Gasteiger partial charge in [-0.3, -0.25) is 4.79 Å². The maximum atomic E-state index is 11.9. The highest BCUT2D eigenvalue weighted by Crippen LogP contribution is 2.46. The van der Waals surface area contributed by atoms with Crippen molar-refractivity contribution in [3.8, 4) is 5.75 Å². The van der Waals surface area contributed by atoms with Gasteiger partial charge in [0.2, 0.25) is 0 Å². The predicted molar refractivity (Wildman–Crippen MR) is 82.3 cm³/mol. The molecule has 1 saturated carbocycles. The minimum absolute atomic E-state index is 0.270. The van der Waals surface area contributed by atoms with E-state index >= 15 is 0 Å². The van der Waals surface area contributed by atoms with Gasteiger partial charge in [0.15, 0.2) is 0 Å². The van der Waals surface area contributed by atoms with Crippen LogP contribution in [-0.2, 0) is 16.6 Å². The Kier molecular flexibility index (Phi) is 3.44. The van der Waals surface area contributed by atoms with Gasteiger partial charge in [-0.05, 0) is 43.9 Å². The van der Waals surface area contributed by atoms with E-state index in [9.17, 15) is 9.90 Å². The molecule has 1 aromatic carbocycles. The normalized spacial score (nSPS) is 22.4. The van der Waals surface area contributed by atoms with Crippen molar-refractivity contribution in [2.75, 3.05) is 0 Å². The summed E-state index contributed by atoms with van der Waals surface area (Å²) in [5.74, 6) is -0.00171. The van der Waals surface area contributed by atoms with Gasteiger partial charge in [0.1, 0.15) is 11.4 Å². The fourth-order valence-electron chi connectivity index (χ4n) is 3.72. The van der Waals surface area contributed by atoms with Crippen molar-refractivity contribution in [3.05, 3.63) is 28.3 Å². The van der Waals surface area contributed by atoms with Gasteiger partial charge < -0.3 is 9.84 Å². The lowest BCUT2D eigenvalue weighted by Gasteiger charge is -2.34. The van der Waals surface area contributed by atoms with Crippen molar-refractivity contribution in [2.24, 2.45) is 0 Å². The van der Waals surface area contributed by atoms with E-state index < -0.39 is 11.4 Å². The molecule has 0 bridgehead atoms. The molecule has 114 valence electrons. The lowest BCUT2D eigenvalue weighted by Crippen LogP contribution is -2.37. The number of rotatable bonds is 2. The number of hydrogen-bond acceptors (Lipinski definition) is 2. The molecule has 0 atom stereocenters. The van der Waals surface area contributed by atoms with E-state index in [0.717, 1.165) is 42.6 Å². The third kappa shape index (κ3) is 2.42. The number of fused-ring (bicyclic) bond motifs is 1. The van der Waals surface area contributed by atoms with E-state index in [1.54, 1.807) is 6.07 Å². The van der Waals surface area contributed by atoms with Crippen LogP contribution in [0.25, 0.3) is 0 Å². The van der Waals surface area contributed by atoms with Crippen LogP contribution in [0, 0.1) is 0 Å². The van der Waals surface area contributed by atoms with E-state index in [0.29, 0.717) is 17.9 Å². The molecule has 0 unspecified atom stereocenters. The molecule has 3 nitrogen and oxygen atoms in total. The lowest BCUT2D eigenvalue weighted by molar-refractivity contribution is -0.145. The smallest absolute Gasteiger partial charge is 0.314 e. The number of carboxylic acids is 1. The molecule has 1 aliphatic heterocycles. The molecule has 0 aromatic heterocycles.